The summed E-state index contributed by atoms with van der Waals surface area (Å²) in [7, 11) is 0. The molecule has 1 fully saturated rings. The first-order valence-electron chi connectivity index (χ1n) is 11.1. The van der Waals surface area contributed by atoms with Crippen LogP contribution in [0.25, 0.3) is 0 Å². The van der Waals surface area contributed by atoms with Crippen LogP contribution in [0, 0.1) is 22.2 Å². The smallest absolute Gasteiger partial charge is 0.434 e. The van der Waals surface area contributed by atoms with Gasteiger partial charge in [-0.05, 0) is 36.1 Å². The van der Waals surface area contributed by atoms with Crippen molar-refractivity contribution >= 4 is 11.9 Å². The van der Waals surface area contributed by atoms with Gasteiger partial charge in [0.05, 0.1) is 5.41 Å². The molecule has 12 heteroatoms. The lowest BCUT2D eigenvalue weighted by Crippen LogP contribution is -2.45. The van der Waals surface area contributed by atoms with E-state index in [1.807, 2.05) is 6.07 Å². The zero-order valence-electron chi connectivity index (χ0n) is 20.0. The number of carbonyl (C=O) groups excluding carboxylic acids is 2. The van der Waals surface area contributed by atoms with Crippen molar-refractivity contribution in [3.05, 3.63) is 72.3 Å². The largest absolute Gasteiger partial charge is 0.457 e. The lowest BCUT2D eigenvalue weighted by atomic mass is 9.95. The Hall–Kier alpha value is -4.01. The maximum atomic E-state index is 13.0. The number of hydrogen-bond acceptors (Lipinski definition) is 6. The molecular weight excluding hydrogens is 520 g/mol. The van der Waals surface area contributed by atoms with Gasteiger partial charge in [0.15, 0.2) is 0 Å². The van der Waals surface area contributed by atoms with Crippen LogP contribution in [0.15, 0.2) is 66.7 Å². The Labute approximate surface area is 213 Å². The Kier molecular flexibility index (Phi) is 7.81. The van der Waals surface area contributed by atoms with Crippen LogP contribution in [0.2, 0.25) is 0 Å². The minimum absolute atomic E-state index is 0.0554. The summed E-state index contributed by atoms with van der Waals surface area (Å²) in [6.07, 6.45) is -16.3. The first kappa shape index (κ1) is 28.6. The number of alkyl halides is 6. The van der Waals surface area contributed by atoms with Gasteiger partial charge in [0.2, 0.25) is 6.10 Å². The van der Waals surface area contributed by atoms with Gasteiger partial charge in [0.25, 0.3) is 6.10 Å². The third-order valence-corrected chi connectivity index (χ3v) is 5.98. The van der Waals surface area contributed by atoms with Crippen LogP contribution in [0.4, 0.5) is 26.3 Å². The molecule has 38 heavy (non-hydrogen) atoms. The standard InChI is InChI=1S/C26H21F6NO5/c1-23(2)15-24(23,12-11-20(34)38-21(25(27,28)29)26(30,31)32)22(35)37-19(14-33)16-7-6-10-18(13-16)36-17-8-4-3-5-9-17/h3-13,19,21H,15H2,1-2H3/b12-11+. The van der Waals surface area contributed by atoms with Gasteiger partial charge in [-0.15, -0.1) is 0 Å². The van der Waals surface area contributed by atoms with Crippen molar-refractivity contribution in [1.82, 2.24) is 0 Å². The quantitative estimate of drug-likeness (QED) is 0.213. The topological polar surface area (TPSA) is 85.6 Å². The van der Waals surface area contributed by atoms with Crippen molar-refractivity contribution < 1.29 is 50.1 Å². The molecule has 0 N–H and O–H groups in total. The van der Waals surface area contributed by atoms with Gasteiger partial charge in [0, 0.05) is 11.6 Å². The fourth-order valence-corrected chi connectivity index (χ4v) is 3.79. The number of rotatable bonds is 8. The predicted octanol–water partition coefficient (Wildman–Crippen LogP) is 6.60. The van der Waals surface area contributed by atoms with E-state index in [1.165, 1.54) is 12.1 Å². The maximum Gasteiger partial charge on any atom is 0.434 e. The molecule has 0 heterocycles. The fourth-order valence-electron chi connectivity index (χ4n) is 3.79. The zero-order valence-corrected chi connectivity index (χ0v) is 20.0. The molecule has 3 rings (SSSR count). The van der Waals surface area contributed by atoms with Crippen LogP contribution in [0.3, 0.4) is 0 Å². The van der Waals surface area contributed by atoms with Gasteiger partial charge >= 0.3 is 24.3 Å². The SMILES string of the molecule is CC1(C)CC1(/C=C/C(=O)OC(C(F)(F)F)C(F)(F)F)C(=O)OC(C#N)c1cccc(Oc2ccccc2)c1. The third-order valence-electron chi connectivity index (χ3n) is 5.98. The molecule has 2 aromatic carbocycles. The minimum Gasteiger partial charge on any atom is -0.457 e. The summed E-state index contributed by atoms with van der Waals surface area (Å²) in [4.78, 5) is 24.9. The molecule has 0 amide bonds. The van der Waals surface area contributed by atoms with Crippen molar-refractivity contribution in [2.75, 3.05) is 0 Å². The number of halogens is 6. The first-order valence-corrected chi connectivity index (χ1v) is 11.1. The second-order valence-corrected chi connectivity index (χ2v) is 9.17. The van der Waals surface area contributed by atoms with Gasteiger partial charge in [-0.1, -0.05) is 50.3 Å². The molecule has 1 aliphatic carbocycles. The highest BCUT2D eigenvalue weighted by atomic mass is 19.4. The highest BCUT2D eigenvalue weighted by molar-refractivity contribution is 5.88. The van der Waals surface area contributed by atoms with Crippen LogP contribution in [0.5, 0.6) is 11.5 Å². The van der Waals surface area contributed by atoms with E-state index in [0.29, 0.717) is 17.6 Å². The molecule has 0 radical (unpaired) electrons. The molecule has 202 valence electrons. The van der Waals surface area contributed by atoms with Crippen molar-refractivity contribution in [3.63, 3.8) is 0 Å². The van der Waals surface area contributed by atoms with Gasteiger partial charge < -0.3 is 14.2 Å². The molecule has 1 aliphatic rings. The highest BCUT2D eigenvalue weighted by Crippen LogP contribution is 2.65. The Morgan fingerprint density at radius 3 is 2.05 bits per heavy atom. The number of ether oxygens (including phenoxy) is 3. The van der Waals surface area contributed by atoms with E-state index in [1.54, 1.807) is 56.3 Å². The molecule has 1 saturated carbocycles. The van der Waals surface area contributed by atoms with E-state index in [9.17, 15) is 41.2 Å². The Balaban J connectivity index is 1.75. The number of nitriles is 1. The third kappa shape index (κ3) is 6.45. The highest BCUT2D eigenvalue weighted by Gasteiger charge is 2.66. The van der Waals surface area contributed by atoms with Crippen molar-refractivity contribution in [2.24, 2.45) is 10.8 Å². The minimum atomic E-state index is -5.88. The average Bonchev–Trinajstić information content (AvgIpc) is 3.40. The second-order valence-electron chi connectivity index (χ2n) is 9.17. The summed E-state index contributed by atoms with van der Waals surface area (Å²) in [5, 5.41) is 9.62. The van der Waals surface area contributed by atoms with E-state index in [2.05, 4.69) is 4.74 Å². The van der Waals surface area contributed by atoms with Gasteiger partial charge in [0.1, 0.15) is 17.6 Å². The lowest BCUT2D eigenvalue weighted by Gasteiger charge is -2.22. The molecule has 6 nitrogen and oxygen atoms in total. The summed E-state index contributed by atoms with van der Waals surface area (Å²) in [5.74, 6) is -2.07. The van der Waals surface area contributed by atoms with E-state index in [4.69, 9.17) is 9.47 Å². The van der Waals surface area contributed by atoms with E-state index in [-0.39, 0.29) is 12.0 Å². The molecule has 2 aromatic rings. The van der Waals surface area contributed by atoms with Crippen LogP contribution >= 0.6 is 0 Å². The van der Waals surface area contributed by atoms with Crippen LogP contribution in [-0.4, -0.2) is 30.4 Å². The summed E-state index contributed by atoms with van der Waals surface area (Å²) in [6, 6.07) is 16.7. The van der Waals surface area contributed by atoms with Crippen molar-refractivity contribution in [1.29, 1.82) is 5.26 Å². The summed E-state index contributed by atoms with van der Waals surface area (Å²) in [5.41, 5.74) is -2.19. The van der Waals surface area contributed by atoms with Crippen LogP contribution < -0.4 is 4.74 Å². The number of carbonyl (C=O) groups is 2. The zero-order chi connectivity index (χ0) is 28.4. The Morgan fingerprint density at radius 1 is 0.947 bits per heavy atom. The van der Waals surface area contributed by atoms with E-state index < -0.39 is 47.3 Å². The Bertz CT molecular complexity index is 1240. The molecule has 2 atom stereocenters. The van der Waals surface area contributed by atoms with E-state index >= 15 is 0 Å². The molecular formula is C26H21F6NO5. The molecule has 0 bridgehead atoms. The molecule has 0 spiro atoms. The molecule has 0 aromatic heterocycles. The lowest BCUT2D eigenvalue weighted by molar-refractivity contribution is -0.312. The number of esters is 2. The van der Waals surface area contributed by atoms with Gasteiger partial charge in [-0.25, -0.2) is 4.79 Å². The van der Waals surface area contributed by atoms with E-state index in [0.717, 1.165) is 6.08 Å². The number of nitrogens with zero attached hydrogens (tertiary/aromatic N) is 1. The van der Waals surface area contributed by atoms with Crippen LogP contribution in [0.1, 0.15) is 31.9 Å². The monoisotopic (exact) mass is 541 g/mol. The number of hydrogen-bond donors (Lipinski definition) is 0. The summed E-state index contributed by atoms with van der Waals surface area (Å²) < 4.78 is 90.7. The van der Waals surface area contributed by atoms with Gasteiger partial charge in [-0.2, -0.15) is 31.6 Å². The Morgan fingerprint density at radius 2 is 1.53 bits per heavy atom. The normalized spacial score (nSPS) is 19.5. The first-order chi connectivity index (χ1) is 17.6. The molecule has 0 aliphatic heterocycles. The number of para-hydroxylation sites is 1. The summed E-state index contributed by atoms with van der Waals surface area (Å²) in [6.45, 7) is 3.15. The van der Waals surface area contributed by atoms with Crippen LogP contribution in [-0.2, 0) is 19.1 Å². The molecule has 2 unspecified atom stereocenters. The predicted molar refractivity (Wildman–Crippen MR) is 119 cm³/mol. The van der Waals surface area contributed by atoms with Gasteiger partial charge in [-0.3, -0.25) is 4.79 Å². The average molecular weight is 541 g/mol. The van der Waals surface area contributed by atoms with Crippen molar-refractivity contribution in [2.45, 2.75) is 44.8 Å². The molecule has 0 saturated heterocycles. The maximum absolute atomic E-state index is 13.0. The summed E-state index contributed by atoms with van der Waals surface area (Å²) >= 11 is 0. The number of benzene rings is 2. The fraction of sp³-hybridized carbons (Fsp3) is 0.346. The second kappa shape index (κ2) is 10.4. The van der Waals surface area contributed by atoms with Crippen molar-refractivity contribution in [3.8, 4) is 17.6 Å².